The molecular weight excluding hydrogens is 324 g/mol. The largest absolute Gasteiger partial charge is 0.461 e. The zero-order valence-electron chi connectivity index (χ0n) is 14.9. The quantitative estimate of drug-likeness (QED) is 0.657. The molecule has 0 amide bonds. The van der Waals surface area contributed by atoms with Crippen LogP contribution in [-0.2, 0) is 25.7 Å². The summed E-state index contributed by atoms with van der Waals surface area (Å²) in [6.45, 7) is 7.38. The van der Waals surface area contributed by atoms with Gasteiger partial charge in [0.1, 0.15) is 18.2 Å². The van der Waals surface area contributed by atoms with Gasteiger partial charge in [-0.15, -0.1) is 0 Å². The molecule has 0 saturated carbocycles. The number of ether oxygens (including phenoxy) is 2. The van der Waals surface area contributed by atoms with E-state index in [1.807, 2.05) is 27.7 Å². The molecule has 2 aliphatic heterocycles. The monoisotopic (exact) mass is 348 g/mol. The van der Waals surface area contributed by atoms with Gasteiger partial charge in [0, 0.05) is 23.7 Å². The standard InChI is InChI=1S/C18H24N2O5/c1-9-11(3)24-17(22)15(9)19-7-13-5-6-14(8-21)20(13)16-10(2)12(4)25-18(16)23/h5-7,9-12,15-16,21H,8H2,1-4H3/t9-,10-,11-,12-,15+,16+/m1/s1. The Morgan fingerprint density at radius 3 is 2.24 bits per heavy atom. The number of hydrogen-bond acceptors (Lipinski definition) is 6. The van der Waals surface area contributed by atoms with E-state index in [0.717, 1.165) is 0 Å². The maximum atomic E-state index is 12.3. The minimum atomic E-state index is -0.553. The number of rotatable bonds is 4. The number of carbonyl (C=O) groups excluding carboxylic acids is 2. The molecule has 0 bridgehead atoms. The van der Waals surface area contributed by atoms with Gasteiger partial charge in [-0.25, -0.2) is 9.59 Å². The third kappa shape index (κ3) is 2.97. The van der Waals surface area contributed by atoms with Gasteiger partial charge in [0.05, 0.1) is 12.3 Å². The van der Waals surface area contributed by atoms with Gasteiger partial charge in [0.25, 0.3) is 0 Å². The Bertz CT molecular complexity index is 710. The number of aliphatic hydroxyl groups is 1. The van der Waals surface area contributed by atoms with Crippen molar-refractivity contribution in [1.82, 2.24) is 4.57 Å². The van der Waals surface area contributed by atoms with Gasteiger partial charge in [-0.2, -0.15) is 0 Å². The highest BCUT2D eigenvalue weighted by atomic mass is 16.6. The summed E-state index contributed by atoms with van der Waals surface area (Å²) in [4.78, 5) is 28.6. The fourth-order valence-corrected chi connectivity index (χ4v) is 3.44. The molecule has 1 N–H and O–H groups in total. The average molecular weight is 348 g/mol. The van der Waals surface area contributed by atoms with E-state index in [-0.39, 0.29) is 42.6 Å². The second-order valence-electron chi connectivity index (χ2n) is 6.95. The molecule has 0 radical (unpaired) electrons. The van der Waals surface area contributed by atoms with E-state index in [4.69, 9.17) is 9.47 Å². The van der Waals surface area contributed by atoms with Crippen LogP contribution in [0.3, 0.4) is 0 Å². The van der Waals surface area contributed by atoms with Crippen LogP contribution in [-0.4, -0.2) is 46.1 Å². The van der Waals surface area contributed by atoms with Crippen LogP contribution < -0.4 is 0 Å². The van der Waals surface area contributed by atoms with Gasteiger partial charge in [-0.3, -0.25) is 4.99 Å². The molecule has 3 heterocycles. The van der Waals surface area contributed by atoms with Crippen molar-refractivity contribution < 1.29 is 24.2 Å². The first kappa shape index (κ1) is 17.7. The highest BCUT2D eigenvalue weighted by Crippen LogP contribution is 2.34. The highest BCUT2D eigenvalue weighted by molar-refractivity contribution is 5.86. The third-order valence-corrected chi connectivity index (χ3v) is 5.41. The number of aromatic nitrogens is 1. The predicted molar refractivity (Wildman–Crippen MR) is 90.2 cm³/mol. The average Bonchev–Trinajstić information content (AvgIpc) is 3.15. The van der Waals surface area contributed by atoms with Crippen LogP contribution in [0.15, 0.2) is 17.1 Å². The van der Waals surface area contributed by atoms with Crippen LogP contribution in [0.25, 0.3) is 0 Å². The molecule has 0 spiro atoms. The molecule has 0 aliphatic carbocycles. The predicted octanol–water partition coefficient (Wildman–Crippen LogP) is 1.47. The summed E-state index contributed by atoms with van der Waals surface area (Å²) in [7, 11) is 0. The van der Waals surface area contributed by atoms with E-state index in [1.165, 1.54) is 0 Å². The number of nitrogens with zero attached hydrogens (tertiary/aromatic N) is 2. The second-order valence-corrected chi connectivity index (χ2v) is 6.95. The third-order valence-electron chi connectivity index (χ3n) is 5.41. The smallest absolute Gasteiger partial charge is 0.331 e. The summed E-state index contributed by atoms with van der Waals surface area (Å²) in [5, 5.41) is 9.64. The Kier molecular flexibility index (Phi) is 4.69. The lowest BCUT2D eigenvalue weighted by Crippen LogP contribution is -2.25. The minimum absolute atomic E-state index is 0.0140. The van der Waals surface area contributed by atoms with Crippen LogP contribution in [0.5, 0.6) is 0 Å². The van der Waals surface area contributed by atoms with E-state index in [2.05, 4.69) is 4.99 Å². The Hall–Kier alpha value is -2.15. The molecule has 25 heavy (non-hydrogen) atoms. The molecule has 136 valence electrons. The molecule has 0 unspecified atom stereocenters. The Morgan fingerprint density at radius 2 is 1.72 bits per heavy atom. The lowest BCUT2D eigenvalue weighted by molar-refractivity contribution is -0.143. The number of carbonyl (C=O) groups is 2. The fourth-order valence-electron chi connectivity index (χ4n) is 3.44. The summed E-state index contributed by atoms with van der Waals surface area (Å²) in [6, 6.07) is 2.47. The first-order valence-corrected chi connectivity index (χ1v) is 8.60. The second kappa shape index (κ2) is 6.63. The van der Waals surface area contributed by atoms with Crippen LogP contribution in [0.2, 0.25) is 0 Å². The van der Waals surface area contributed by atoms with Gasteiger partial charge >= 0.3 is 11.9 Å². The van der Waals surface area contributed by atoms with E-state index >= 15 is 0 Å². The van der Waals surface area contributed by atoms with Gasteiger partial charge < -0.3 is 19.1 Å². The summed E-state index contributed by atoms with van der Waals surface area (Å²) in [5.41, 5.74) is 1.27. The number of cyclic esters (lactones) is 2. The summed E-state index contributed by atoms with van der Waals surface area (Å²) >= 11 is 0. The van der Waals surface area contributed by atoms with Gasteiger partial charge in [-0.1, -0.05) is 13.8 Å². The lowest BCUT2D eigenvalue weighted by atomic mass is 9.99. The van der Waals surface area contributed by atoms with E-state index < -0.39 is 12.1 Å². The zero-order chi connectivity index (χ0) is 18.3. The SMILES string of the molecule is C[C@H]1[C@H](N=Cc2ccc(CO)n2[C@@H]2C(=O)O[C@H](C)[C@H]2C)C(=O)O[C@@H]1C. The molecule has 2 aliphatic rings. The van der Waals surface area contributed by atoms with Crippen LogP contribution in [0.1, 0.15) is 45.1 Å². The number of hydrogen-bond donors (Lipinski definition) is 1. The summed E-state index contributed by atoms with van der Waals surface area (Å²) < 4.78 is 12.3. The first-order valence-electron chi connectivity index (χ1n) is 8.60. The van der Waals surface area contributed by atoms with E-state index in [0.29, 0.717) is 11.4 Å². The van der Waals surface area contributed by atoms with Crippen LogP contribution in [0.4, 0.5) is 0 Å². The normalized spacial score (nSPS) is 35.4. The van der Waals surface area contributed by atoms with Crippen molar-refractivity contribution in [3.63, 3.8) is 0 Å². The molecule has 7 nitrogen and oxygen atoms in total. The molecule has 7 heteroatoms. The Balaban J connectivity index is 1.93. The van der Waals surface area contributed by atoms with Crippen molar-refractivity contribution in [2.45, 2.75) is 58.6 Å². The zero-order valence-corrected chi connectivity index (χ0v) is 14.9. The molecule has 2 saturated heterocycles. The van der Waals surface area contributed by atoms with Crippen molar-refractivity contribution in [1.29, 1.82) is 0 Å². The summed E-state index contributed by atoms with van der Waals surface area (Å²) in [5.74, 6) is -0.700. The lowest BCUT2D eigenvalue weighted by Gasteiger charge is -2.19. The first-order chi connectivity index (χ1) is 11.8. The van der Waals surface area contributed by atoms with E-state index in [9.17, 15) is 14.7 Å². The molecule has 1 aromatic heterocycles. The minimum Gasteiger partial charge on any atom is -0.461 e. The maximum Gasteiger partial charge on any atom is 0.331 e. The van der Waals surface area contributed by atoms with Crippen molar-refractivity contribution in [3.05, 3.63) is 23.5 Å². The molecule has 2 fully saturated rings. The number of aliphatic hydroxyl groups excluding tert-OH is 1. The molecule has 1 aromatic rings. The Morgan fingerprint density at radius 1 is 1.08 bits per heavy atom. The molecule has 6 atom stereocenters. The molecular formula is C18H24N2O5. The van der Waals surface area contributed by atoms with Crippen LogP contribution >= 0.6 is 0 Å². The fraction of sp³-hybridized carbons (Fsp3) is 0.611. The van der Waals surface area contributed by atoms with Crippen molar-refractivity contribution in [2.75, 3.05) is 0 Å². The number of esters is 2. The summed E-state index contributed by atoms with van der Waals surface area (Å²) in [6.07, 6.45) is 1.23. The highest BCUT2D eigenvalue weighted by Gasteiger charge is 2.42. The van der Waals surface area contributed by atoms with Crippen LogP contribution in [0, 0.1) is 11.8 Å². The number of aliphatic imine (C=N–C) groups is 1. The molecule has 3 rings (SSSR count). The maximum absolute atomic E-state index is 12.3. The van der Waals surface area contributed by atoms with Gasteiger partial charge in [-0.05, 0) is 26.0 Å². The van der Waals surface area contributed by atoms with Crippen molar-refractivity contribution in [2.24, 2.45) is 16.8 Å². The Labute approximate surface area is 146 Å². The molecule has 0 aromatic carbocycles. The van der Waals surface area contributed by atoms with Gasteiger partial charge in [0.15, 0.2) is 6.04 Å². The van der Waals surface area contributed by atoms with Gasteiger partial charge in [0.2, 0.25) is 0 Å². The topological polar surface area (TPSA) is 90.1 Å². The van der Waals surface area contributed by atoms with Crippen molar-refractivity contribution in [3.8, 4) is 0 Å². The van der Waals surface area contributed by atoms with E-state index in [1.54, 1.807) is 22.9 Å². The van der Waals surface area contributed by atoms with Crippen molar-refractivity contribution >= 4 is 18.2 Å².